The molecule has 0 bridgehead atoms. The number of nitrogen functional groups attached to an aromatic ring is 1. The number of halogens is 2. The molecule has 0 atom stereocenters. The molecule has 0 spiro atoms. The second-order valence-corrected chi connectivity index (χ2v) is 4.00. The van der Waals surface area contributed by atoms with E-state index in [1.165, 1.54) is 12.1 Å². The molecule has 0 radical (unpaired) electrons. The minimum Gasteiger partial charge on any atom is -0.435 e. The molecule has 0 fully saturated rings. The van der Waals surface area contributed by atoms with Gasteiger partial charge in [0.2, 0.25) is 0 Å². The molecule has 0 saturated heterocycles. The zero-order valence-corrected chi connectivity index (χ0v) is 10.2. The van der Waals surface area contributed by atoms with Gasteiger partial charge in [0, 0.05) is 16.8 Å². The van der Waals surface area contributed by atoms with Gasteiger partial charge in [0.25, 0.3) is 0 Å². The maximum atomic E-state index is 12.2. The van der Waals surface area contributed by atoms with Gasteiger partial charge in [-0.25, -0.2) is 0 Å². The third-order valence-electron chi connectivity index (χ3n) is 2.89. The van der Waals surface area contributed by atoms with Gasteiger partial charge in [-0.3, -0.25) is 4.98 Å². The molecule has 2 rings (SSSR count). The summed E-state index contributed by atoms with van der Waals surface area (Å²) in [6.07, 6.45) is 0.751. The molecule has 0 aliphatic rings. The molecule has 1 aromatic carbocycles. The van der Waals surface area contributed by atoms with E-state index in [1.807, 2.05) is 13.8 Å². The first-order valence-electron chi connectivity index (χ1n) is 5.66. The van der Waals surface area contributed by atoms with E-state index >= 15 is 0 Å². The zero-order chi connectivity index (χ0) is 13.3. The van der Waals surface area contributed by atoms with Crippen molar-refractivity contribution in [3.8, 4) is 5.75 Å². The van der Waals surface area contributed by atoms with Gasteiger partial charge in [0.15, 0.2) is 0 Å². The van der Waals surface area contributed by atoms with E-state index in [0.29, 0.717) is 16.6 Å². The van der Waals surface area contributed by atoms with Crippen LogP contribution in [0.25, 0.3) is 10.9 Å². The Balaban J connectivity index is 2.61. The number of benzene rings is 1. The van der Waals surface area contributed by atoms with Crippen LogP contribution in [0.2, 0.25) is 0 Å². The molecule has 1 heterocycles. The highest BCUT2D eigenvalue weighted by molar-refractivity contribution is 5.93. The van der Waals surface area contributed by atoms with Crippen LogP contribution in [0.1, 0.15) is 18.2 Å². The minimum absolute atomic E-state index is 0.0944. The first kappa shape index (κ1) is 12.5. The van der Waals surface area contributed by atoms with Crippen LogP contribution in [-0.4, -0.2) is 11.6 Å². The number of aryl methyl sites for hydroxylation is 1. The van der Waals surface area contributed by atoms with E-state index in [1.54, 1.807) is 6.07 Å². The van der Waals surface area contributed by atoms with Crippen LogP contribution < -0.4 is 10.5 Å². The second kappa shape index (κ2) is 4.76. The van der Waals surface area contributed by atoms with E-state index in [0.717, 1.165) is 17.7 Å². The number of fused-ring (bicyclic) bond motifs is 1. The predicted octanol–water partition coefficient (Wildman–Crippen LogP) is 3.29. The van der Waals surface area contributed by atoms with Gasteiger partial charge in [-0.05, 0) is 37.1 Å². The zero-order valence-electron chi connectivity index (χ0n) is 10.2. The molecule has 0 aliphatic carbocycles. The van der Waals surface area contributed by atoms with Gasteiger partial charge >= 0.3 is 6.61 Å². The molecule has 0 unspecified atom stereocenters. The van der Waals surface area contributed by atoms with Crippen molar-refractivity contribution >= 4 is 16.6 Å². The fraction of sp³-hybridized carbons (Fsp3) is 0.308. The largest absolute Gasteiger partial charge is 0.435 e. The summed E-state index contributed by atoms with van der Waals surface area (Å²) in [4.78, 5) is 4.40. The molecular formula is C13H14F2N2O. The highest BCUT2D eigenvalue weighted by atomic mass is 19.3. The molecule has 3 nitrogen and oxygen atoms in total. The van der Waals surface area contributed by atoms with Crippen molar-refractivity contribution in [2.45, 2.75) is 26.9 Å². The number of ether oxygens (including phenoxy) is 1. The lowest BCUT2D eigenvalue weighted by molar-refractivity contribution is -0.0497. The normalized spacial score (nSPS) is 11.2. The summed E-state index contributed by atoms with van der Waals surface area (Å²) in [5.41, 5.74) is 9.12. The molecule has 18 heavy (non-hydrogen) atoms. The number of hydrogen-bond acceptors (Lipinski definition) is 3. The summed E-state index contributed by atoms with van der Waals surface area (Å²) in [6.45, 7) is 1.02. The van der Waals surface area contributed by atoms with Crippen LogP contribution in [0.3, 0.4) is 0 Å². The smallest absolute Gasteiger partial charge is 0.387 e. The number of nitrogens with zero attached hydrogens (tertiary/aromatic N) is 1. The lowest BCUT2D eigenvalue weighted by atomic mass is 10.0. The Hall–Kier alpha value is -1.91. The Morgan fingerprint density at radius 2 is 2.11 bits per heavy atom. The van der Waals surface area contributed by atoms with Gasteiger partial charge < -0.3 is 10.5 Å². The van der Waals surface area contributed by atoms with Crippen molar-refractivity contribution in [3.63, 3.8) is 0 Å². The van der Waals surface area contributed by atoms with E-state index in [9.17, 15) is 8.78 Å². The fourth-order valence-electron chi connectivity index (χ4n) is 2.06. The molecule has 1 aromatic heterocycles. The lowest BCUT2D eigenvalue weighted by Crippen LogP contribution is -2.03. The Kier molecular flexibility index (Phi) is 3.32. The summed E-state index contributed by atoms with van der Waals surface area (Å²) in [5.74, 6) is 0.0944. The number of alkyl halides is 2. The summed E-state index contributed by atoms with van der Waals surface area (Å²) < 4.78 is 28.7. The van der Waals surface area contributed by atoms with Crippen LogP contribution in [0.4, 0.5) is 14.5 Å². The van der Waals surface area contributed by atoms with Gasteiger partial charge in [0.1, 0.15) is 5.75 Å². The molecular weight excluding hydrogens is 238 g/mol. The topological polar surface area (TPSA) is 48.1 Å². The Bertz CT molecular complexity index is 585. The maximum Gasteiger partial charge on any atom is 0.387 e. The number of rotatable bonds is 3. The first-order chi connectivity index (χ1) is 8.52. The minimum atomic E-state index is -2.84. The second-order valence-electron chi connectivity index (χ2n) is 4.00. The molecule has 0 aliphatic heterocycles. The van der Waals surface area contributed by atoms with Gasteiger partial charge in [-0.2, -0.15) is 8.78 Å². The molecule has 2 aromatic rings. The van der Waals surface area contributed by atoms with Crippen LogP contribution in [0, 0.1) is 6.92 Å². The molecule has 96 valence electrons. The molecule has 0 amide bonds. The predicted molar refractivity (Wildman–Crippen MR) is 66.9 cm³/mol. The number of nitrogens with two attached hydrogens (primary N) is 1. The molecule has 5 heteroatoms. The molecule has 2 N–H and O–H groups in total. The van der Waals surface area contributed by atoms with Crippen molar-refractivity contribution in [2.75, 3.05) is 5.73 Å². The van der Waals surface area contributed by atoms with E-state index < -0.39 is 6.61 Å². The summed E-state index contributed by atoms with van der Waals surface area (Å²) in [5, 5.41) is 0.649. The number of hydrogen-bond donors (Lipinski definition) is 1. The monoisotopic (exact) mass is 252 g/mol. The SMILES string of the molecule is CCc1c(C)nc2ccc(OC(F)F)cc2c1N. The van der Waals surface area contributed by atoms with E-state index in [2.05, 4.69) is 9.72 Å². The fourth-order valence-corrected chi connectivity index (χ4v) is 2.06. The summed E-state index contributed by atoms with van der Waals surface area (Å²) in [6, 6.07) is 4.60. The van der Waals surface area contributed by atoms with Crippen molar-refractivity contribution in [2.24, 2.45) is 0 Å². The van der Waals surface area contributed by atoms with Gasteiger partial charge in [-0.1, -0.05) is 6.92 Å². The van der Waals surface area contributed by atoms with Crippen LogP contribution in [0.5, 0.6) is 5.75 Å². The third-order valence-corrected chi connectivity index (χ3v) is 2.89. The Morgan fingerprint density at radius 1 is 1.39 bits per heavy atom. The highest BCUT2D eigenvalue weighted by Gasteiger charge is 2.11. The lowest BCUT2D eigenvalue weighted by Gasteiger charge is -2.12. The average molecular weight is 252 g/mol. The highest BCUT2D eigenvalue weighted by Crippen LogP contribution is 2.29. The van der Waals surface area contributed by atoms with Crippen LogP contribution >= 0.6 is 0 Å². The summed E-state index contributed by atoms with van der Waals surface area (Å²) in [7, 11) is 0. The molecule has 0 saturated carbocycles. The number of anilines is 1. The van der Waals surface area contributed by atoms with E-state index in [-0.39, 0.29) is 5.75 Å². The number of pyridine rings is 1. The Morgan fingerprint density at radius 3 is 2.72 bits per heavy atom. The van der Waals surface area contributed by atoms with Crippen LogP contribution in [0.15, 0.2) is 18.2 Å². The van der Waals surface area contributed by atoms with Crippen molar-refractivity contribution in [1.82, 2.24) is 4.98 Å². The van der Waals surface area contributed by atoms with Crippen LogP contribution in [-0.2, 0) is 6.42 Å². The van der Waals surface area contributed by atoms with Gasteiger partial charge in [0.05, 0.1) is 5.52 Å². The van der Waals surface area contributed by atoms with Crippen molar-refractivity contribution < 1.29 is 13.5 Å². The van der Waals surface area contributed by atoms with Crippen molar-refractivity contribution in [3.05, 3.63) is 29.5 Å². The van der Waals surface area contributed by atoms with Crippen molar-refractivity contribution in [1.29, 1.82) is 0 Å². The number of aromatic nitrogens is 1. The van der Waals surface area contributed by atoms with E-state index in [4.69, 9.17) is 5.73 Å². The van der Waals surface area contributed by atoms with Gasteiger partial charge in [-0.15, -0.1) is 0 Å². The summed E-state index contributed by atoms with van der Waals surface area (Å²) >= 11 is 0. The maximum absolute atomic E-state index is 12.2. The Labute approximate surface area is 104 Å². The standard InChI is InChI=1S/C13H14F2N2O/c1-3-9-7(2)17-11-5-4-8(18-13(14)15)6-10(11)12(9)16/h4-6,13H,3H2,1-2H3,(H2,16,17). The third kappa shape index (κ3) is 2.20. The quantitative estimate of drug-likeness (QED) is 0.911. The average Bonchev–Trinajstić information content (AvgIpc) is 2.30. The first-order valence-corrected chi connectivity index (χ1v) is 5.66.